The Balaban J connectivity index is 2.71. The molecule has 0 spiro atoms. The number of aromatic nitrogens is 3. The summed E-state index contributed by atoms with van der Waals surface area (Å²) in [7, 11) is 0. The molecule has 0 aromatic carbocycles. The van der Waals surface area contributed by atoms with Crippen molar-refractivity contribution in [1.82, 2.24) is 14.1 Å². The van der Waals surface area contributed by atoms with Crippen molar-refractivity contribution in [2.75, 3.05) is 13.2 Å². The van der Waals surface area contributed by atoms with Crippen LogP contribution in [0.1, 0.15) is 13.8 Å². The number of hydrogen-bond acceptors (Lipinski definition) is 6. The lowest BCUT2D eigenvalue weighted by molar-refractivity contribution is 0.150. The molecule has 0 atom stereocenters. The fourth-order valence-corrected chi connectivity index (χ4v) is 1.75. The summed E-state index contributed by atoms with van der Waals surface area (Å²) in [4.78, 5) is 39.8. The third kappa shape index (κ3) is 2.15. The molecule has 20 heavy (non-hydrogen) atoms. The molecule has 0 unspecified atom stereocenters. The van der Waals surface area contributed by atoms with Crippen LogP contribution in [0.3, 0.4) is 0 Å². The summed E-state index contributed by atoms with van der Waals surface area (Å²) in [5, 5.41) is 0. The predicted molar refractivity (Wildman–Crippen MR) is 68.8 cm³/mol. The van der Waals surface area contributed by atoms with Crippen molar-refractivity contribution >= 4 is 23.4 Å². The molecule has 0 saturated heterocycles. The number of carbonyl (C=O) groups excluding carboxylic acids is 2. The van der Waals surface area contributed by atoms with Crippen LogP contribution in [0.25, 0.3) is 11.2 Å². The van der Waals surface area contributed by atoms with Crippen LogP contribution in [-0.4, -0.2) is 39.5 Å². The monoisotopic (exact) mass is 279 g/mol. The summed E-state index contributed by atoms with van der Waals surface area (Å²) >= 11 is 0. The molecule has 2 aromatic rings. The molecule has 2 rings (SSSR count). The largest absolute Gasteiger partial charge is 0.449 e. The third-order valence-corrected chi connectivity index (χ3v) is 2.50. The van der Waals surface area contributed by atoms with E-state index in [1.165, 1.54) is 12.3 Å². The molecule has 106 valence electrons. The van der Waals surface area contributed by atoms with Crippen LogP contribution in [0.4, 0.5) is 9.59 Å². The molecule has 2 aromatic heterocycles. The van der Waals surface area contributed by atoms with Crippen LogP contribution in [-0.2, 0) is 9.47 Å². The van der Waals surface area contributed by atoms with Gasteiger partial charge >= 0.3 is 17.9 Å². The number of fused-ring (bicyclic) bond motifs is 1. The fourth-order valence-electron chi connectivity index (χ4n) is 1.75. The molecule has 0 bridgehead atoms. The van der Waals surface area contributed by atoms with Gasteiger partial charge in [-0.15, -0.1) is 0 Å². The molecule has 2 heterocycles. The Hall–Kier alpha value is -2.64. The van der Waals surface area contributed by atoms with E-state index in [1.807, 2.05) is 0 Å². The molecular formula is C12H13N3O5. The Morgan fingerprint density at radius 3 is 2.35 bits per heavy atom. The first-order valence-corrected chi connectivity index (χ1v) is 6.04. The standard InChI is InChI=1S/C12H13N3O5/c1-3-19-11(17)14-8-6-5-7-13-9(8)15(10(14)16)12(18)20-4-2/h5-7H,3-4H2,1-2H3. The van der Waals surface area contributed by atoms with Crippen molar-refractivity contribution in [2.45, 2.75) is 13.8 Å². The molecule has 0 fully saturated rings. The van der Waals surface area contributed by atoms with Gasteiger partial charge in [0, 0.05) is 6.20 Å². The van der Waals surface area contributed by atoms with E-state index in [2.05, 4.69) is 4.98 Å². The van der Waals surface area contributed by atoms with Crippen LogP contribution >= 0.6 is 0 Å². The molecular weight excluding hydrogens is 266 g/mol. The van der Waals surface area contributed by atoms with Gasteiger partial charge in [-0.05, 0) is 26.0 Å². The van der Waals surface area contributed by atoms with Gasteiger partial charge in [0.15, 0.2) is 5.65 Å². The van der Waals surface area contributed by atoms with Crippen molar-refractivity contribution in [3.63, 3.8) is 0 Å². The summed E-state index contributed by atoms with van der Waals surface area (Å²) in [6.07, 6.45) is -0.338. The molecule has 0 amide bonds. The maximum absolute atomic E-state index is 12.2. The smallest absolute Gasteiger partial charge is 0.424 e. The summed E-state index contributed by atoms with van der Waals surface area (Å²) < 4.78 is 11.0. The van der Waals surface area contributed by atoms with Crippen LogP contribution < -0.4 is 5.69 Å². The Kier molecular flexibility index (Phi) is 3.83. The number of ether oxygens (including phenoxy) is 2. The second kappa shape index (κ2) is 5.55. The molecule has 0 aliphatic rings. The summed E-state index contributed by atoms with van der Waals surface area (Å²) in [5.41, 5.74) is -0.636. The second-order valence-corrected chi connectivity index (χ2v) is 3.70. The first-order valence-electron chi connectivity index (χ1n) is 6.04. The van der Waals surface area contributed by atoms with Gasteiger partial charge in [0.25, 0.3) is 0 Å². The van der Waals surface area contributed by atoms with Crippen molar-refractivity contribution in [3.8, 4) is 0 Å². The minimum atomic E-state index is -0.885. The Bertz CT molecular complexity index is 657. The molecule has 0 aliphatic carbocycles. The highest BCUT2D eigenvalue weighted by Crippen LogP contribution is 2.10. The Morgan fingerprint density at radius 1 is 1.15 bits per heavy atom. The lowest BCUT2D eigenvalue weighted by atomic mass is 10.4. The Labute approximate surface area is 113 Å². The van der Waals surface area contributed by atoms with E-state index >= 15 is 0 Å². The van der Waals surface area contributed by atoms with Gasteiger partial charge < -0.3 is 9.47 Å². The normalized spacial score (nSPS) is 10.5. The maximum atomic E-state index is 12.2. The van der Waals surface area contributed by atoms with Gasteiger partial charge in [0.1, 0.15) is 5.52 Å². The molecule has 8 heteroatoms. The van der Waals surface area contributed by atoms with E-state index in [9.17, 15) is 14.4 Å². The predicted octanol–water partition coefficient (Wildman–Crippen LogP) is 1.21. The van der Waals surface area contributed by atoms with Crippen molar-refractivity contribution in [2.24, 2.45) is 0 Å². The minimum Gasteiger partial charge on any atom is -0.449 e. The number of pyridine rings is 1. The summed E-state index contributed by atoms with van der Waals surface area (Å²) in [6.45, 7) is 3.44. The van der Waals surface area contributed by atoms with Crippen molar-refractivity contribution < 1.29 is 19.1 Å². The maximum Gasteiger partial charge on any atom is 0.424 e. The zero-order valence-electron chi connectivity index (χ0n) is 11.0. The minimum absolute atomic E-state index is 0.0454. The van der Waals surface area contributed by atoms with Crippen molar-refractivity contribution in [3.05, 3.63) is 28.8 Å². The van der Waals surface area contributed by atoms with Gasteiger partial charge in [-0.25, -0.2) is 19.4 Å². The third-order valence-electron chi connectivity index (χ3n) is 2.50. The molecule has 0 aliphatic heterocycles. The van der Waals surface area contributed by atoms with E-state index in [4.69, 9.17) is 9.47 Å². The first-order chi connectivity index (χ1) is 9.61. The number of imidazole rings is 1. The highest BCUT2D eigenvalue weighted by atomic mass is 16.6. The van der Waals surface area contributed by atoms with Gasteiger partial charge in [0.05, 0.1) is 13.2 Å². The highest BCUT2D eigenvalue weighted by molar-refractivity contribution is 5.90. The highest BCUT2D eigenvalue weighted by Gasteiger charge is 2.24. The van der Waals surface area contributed by atoms with Gasteiger partial charge in [-0.1, -0.05) is 0 Å². The van der Waals surface area contributed by atoms with E-state index in [-0.39, 0.29) is 24.4 Å². The van der Waals surface area contributed by atoms with Crippen molar-refractivity contribution in [1.29, 1.82) is 0 Å². The average Bonchev–Trinajstić information content (AvgIpc) is 2.71. The number of nitrogens with zero attached hydrogens (tertiary/aromatic N) is 3. The number of hydrogen-bond donors (Lipinski definition) is 0. The van der Waals surface area contributed by atoms with Crippen LogP contribution in [0, 0.1) is 0 Å². The van der Waals surface area contributed by atoms with Crippen LogP contribution in [0.5, 0.6) is 0 Å². The number of carbonyl (C=O) groups is 2. The number of rotatable bonds is 2. The summed E-state index contributed by atoms with van der Waals surface area (Å²) in [5.74, 6) is 0. The lowest BCUT2D eigenvalue weighted by Crippen LogP contribution is -2.33. The van der Waals surface area contributed by atoms with E-state index in [1.54, 1.807) is 19.9 Å². The molecule has 0 saturated carbocycles. The average molecular weight is 279 g/mol. The van der Waals surface area contributed by atoms with E-state index in [0.717, 1.165) is 4.57 Å². The zero-order valence-corrected chi connectivity index (χ0v) is 11.0. The topological polar surface area (TPSA) is 92.4 Å². The van der Waals surface area contributed by atoms with Gasteiger partial charge in [-0.2, -0.15) is 9.13 Å². The van der Waals surface area contributed by atoms with Crippen LogP contribution in [0.15, 0.2) is 23.1 Å². The second-order valence-electron chi connectivity index (χ2n) is 3.70. The SMILES string of the molecule is CCOC(=O)n1c(=O)n(C(=O)OCC)c2ncccc21. The lowest BCUT2D eigenvalue weighted by Gasteiger charge is -2.01. The molecule has 0 N–H and O–H groups in total. The van der Waals surface area contributed by atoms with Crippen LogP contribution in [0.2, 0.25) is 0 Å². The van der Waals surface area contributed by atoms with Gasteiger partial charge in [-0.3, -0.25) is 0 Å². The quantitative estimate of drug-likeness (QED) is 0.820. The fraction of sp³-hybridized carbons (Fsp3) is 0.333. The summed E-state index contributed by atoms with van der Waals surface area (Å²) in [6, 6.07) is 3.05. The van der Waals surface area contributed by atoms with E-state index < -0.39 is 17.9 Å². The Morgan fingerprint density at radius 2 is 1.75 bits per heavy atom. The van der Waals surface area contributed by atoms with E-state index in [0.29, 0.717) is 4.57 Å². The zero-order chi connectivity index (χ0) is 14.7. The van der Waals surface area contributed by atoms with Gasteiger partial charge in [0.2, 0.25) is 0 Å². The first kappa shape index (κ1) is 13.8. The molecule has 0 radical (unpaired) electrons. The molecule has 8 nitrogen and oxygen atoms in total.